The van der Waals surface area contributed by atoms with Gasteiger partial charge in [-0.25, -0.2) is 4.79 Å². The number of fused-ring (bicyclic) bond motifs is 1. The predicted molar refractivity (Wildman–Crippen MR) is 67.9 cm³/mol. The van der Waals surface area contributed by atoms with Crippen LogP contribution >= 0.6 is 0 Å². The van der Waals surface area contributed by atoms with Crippen molar-refractivity contribution in [3.8, 4) is 5.75 Å². The molecular weight excluding hydrogens is 216 g/mol. The summed E-state index contributed by atoms with van der Waals surface area (Å²) >= 11 is 0. The van der Waals surface area contributed by atoms with Crippen LogP contribution in [0, 0.1) is 6.92 Å². The number of methoxy groups -OCH3 is 1. The zero-order chi connectivity index (χ0) is 12.6. The average Bonchev–Trinajstić information content (AvgIpc) is 2.28. The Morgan fingerprint density at radius 1 is 1.29 bits per heavy atom. The highest BCUT2D eigenvalue weighted by atomic mass is 16.5. The van der Waals surface area contributed by atoms with Crippen molar-refractivity contribution in [2.45, 2.75) is 26.7 Å². The van der Waals surface area contributed by atoms with E-state index in [1.807, 2.05) is 19.1 Å². The van der Waals surface area contributed by atoms with Crippen LogP contribution in [0.4, 0.5) is 0 Å². The second-order valence-corrected chi connectivity index (χ2v) is 4.46. The van der Waals surface area contributed by atoms with Crippen LogP contribution in [-0.2, 0) is 0 Å². The molecule has 0 aliphatic carbocycles. The molecule has 2 aromatic rings. The van der Waals surface area contributed by atoms with Crippen molar-refractivity contribution in [2.24, 2.45) is 0 Å². The number of hydrogen-bond donors (Lipinski definition) is 0. The summed E-state index contributed by atoms with van der Waals surface area (Å²) in [5.41, 5.74) is 2.33. The van der Waals surface area contributed by atoms with Crippen molar-refractivity contribution in [1.82, 2.24) is 0 Å². The van der Waals surface area contributed by atoms with Crippen LogP contribution in [0.15, 0.2) is 27.4 Å². The molecule has 0 amide bonds. The minimum Gasteiger partial charge on any atom is -0.496 e. The van der Waals surface area contributed by atoms with E-state index in [4.69, 9.17) is 9.15 Å². The maximum Gasteiger partial charge on any atom is 0.336 e. The Hall–Kier alpha value is -1.77. The van der Waals surface area contributed by atoms with E-state index in [9.17, 15) is 4.79 Å². The largest absolute Gasteiger partial charge is 0.496 e. The maximum absolute atomic E-state index is 11.3. The normalized spacial score (nSPS) is 11.1. The number of aryl methyl sites for hydroxylation is 1. The van der Waals surface area contributed by atoms with Gasteiger partial charge in [0.2, 0.25) is 0 Å². The van der Waals surface area contributed by atoms with Gasteiger partial charge in [-0.05, 0) is 30.5 Å². The molecule has 0 N–H and O–H groups in total. The summed E-state index contributed by atoms with van der Waals surface area (Å²) in [5, 5.41) is 0.955. The number of ether oxygens (including phenoxy) is 1. The molecule has 0 bridgehead atoms. The second kappa shape index (κ2) is 4.24. The molecule has 17 heavy (non-hydrogen) atoms. The first-order valence-electron chi connectivity index (χ1n) is 5.66. The van der Waals surface area contributed by atoms with Crippen LogP contribution < -0.4 is 10.4 Å². The van der Waals surface area contributed by atoms with Gasteiger partial charge in [-0.15, -0.1) is 0 Å². The van der Waals surface area contributed by atoms with Crippen molar-refractivity contribution in [3.63, 3.8) is 0 Å². The molecule has 2 rings (SSSR count). The van der Waals surface area contributed by atoms with E-state index < -0.39 is 0 Å². The Morgan fingerprint density at radius 2 is 2.00 bits per heavy atom. The van der Waals surface area contributed by atoms with E-state index in [2.05, 4.69) is 13.8 Å². The van der Waals surface area contributed by atoms with E-state index in [1.165, 1.54) is 6.07 Å². The molecule has 0 saturated heterocycles. The topological polar surface area (TPSA) is 39.4 Å². The van der Waals surface area contributed by atoms with E-state index >= 15 is 0 Å². The van der Waals surface area contributed by atoms with Crippen LogP contribution in [0.2, 0.25) is 0 Å². The molecular formula is C14H16O3. The van der Waals surface area contributed by atoms with Crippen LogP contribution in [0.5, 0.6) is 5.75 Å². The van der Waals surface area contributed by atoms with Crippen molar-refractivity contribution in [2.75, 3.05) is 7.11 Å². The van der Waals surface area contributed by atoms with Gasteiger partial charge in [0.1, 0.15) is 11.3 Å². The van der Waals surface area contributed by atoms with Gasteiger partial charge in [-0.1, -0.05) is 13.8 Å². The van der Waals surface area contributed by atoms with Crippen molar-refractivity contribution in [3.05, 3.63) is 39.7 Å². The molecule has 90 valence electrons. The van der Waals surface area contributed by atoms with E-state index in [1.54, 1.807) is 7.11 Å². The monoisotopic (exact) mass is 232 g/mol. The highest BCUT2D eigenvalue weighted by Crippen LogP contribution is 2.35. The molecule has 0 atom stereocenters. The van der Waals surface area contributed by atoms with E-state index in [0.29, 0.717) is 11.5 Å². The van der Waals surface area contributed by atoms with Crippen LogP contribution in [0.3, 0.4) is 0 Å². The lowest BCUT2D eigenvalue weighted by molar-refractivity contribution is 0.407. The molecule has 3 heteroatoms. The van der Waals surface area contributed by atoms with Crippen molar-refractivity contribution in [1.29, 1.82) is 0 Å². The zero-order valence-electron chi connectivity index (χ0n) is 10.5. The van der Waals surface area contributed by atoms with Gasteiger partial charge in [-0.2, -0.15) is 0 Å². The fourth-order valence-electron chi connectivity index (χ4n) is 2.16. The third kappa shape index (κ3) is 1.93. The van der Waals surface area contributed by atoms with Gasteiger partial charge >= 0.3 is 5.63 Å². The molecule has 0 radical (unpaired) electrons. The summed E-state index contributed by atoms with van der Waals surface area (Å²) in [5.74, 6) is 1.15. The first-order valence-corrected chi connectivity index (χ1v) is 5.66. The SMILES string of the molecule is COc1cc(C)c2oc(=O)ccc2c1C(C)C. The summed E-state index contributed by atoms with van der Waals surface area (Å²) in [6.45, 7) is 6.10. The quantitative estimate of drug-likeness (QED) is 0.746. The fourth-order valence-corrected chi connectivity index (χ4v) is 2.16. The zero-order valence-corrected chi connectivity index (χ0v) is 10.5. The van der Waals surface area contributed by atoms with E-state index in [0.717, 1.165) is 22.3 Å². The lowest BCUT2D eigenvalue weighted by atomic mass is 9.95. The third-order valence-corrected chi connectivity index (χ3v) is 2.89. The minimum atomic E-state index is -0.319. The lowest BCUT2D eigenvalue weighted by Crippen LogP contribution is -2.01. The van der Waals surface area contributed by atoms with Gasteiger partial charge in [0.05, 0.1) is 7.11 Å². The molecule has 0 aliphatic heterocycles. The fraction of sp³-hybridized carbons (Fsp3) is 0.357. The summed E-state index contributed by atoms with van der Waals surface area (Å²) in [6.07, 6.45) is 0. The van der Waals surface area contributed by atoms with Crippen LogP contribution in [0.25, 0.3) is 11.0 Å². The summed E-state index contributed by atoms with van der Waals surface area (Å²) < 4.78 is 10.7. The van der Waals surface area contributed by atoms with Crippen LogP contribution in [0.1, 0.15) is 30.9 Å². The molecule has 1 heterocycles. The molecule has 3 nitrogen and oxygen atoms in total. The smallest absolute Gasteiger partial charge is 0.336 e. The van der Waals surface area contributed by atoms with Gasteiger partial charge < -0.3 is 9.15 Å². The highest BCUT2D eigenvalue weighted by molar-refractivity contribution is 5.86. The molecule has 0 unspecified atom stereocenters. The van der Waals surface area contributed by atoms with Gasteiger partial charge in [0, 0.05) is 17.0 Å². The molecule has 0 saturated carbocycles. The van der Waals surface area contributed by atoms with Crippen LogP contribution in [-0.4, -0.2) is 7.11 Å². The number of benzene rings is 1. The van der Waals surface area contributed by atoms with Gasteiger partial charge in [0.25, 0.3) is 0 Å². The Labute approximate surface area is 100 Å². The average molecular weight is 232 g/mol. The molecule has 0 aliphatic rings. The Bertz CT molecular complexity index is 609. The molecule has 1 aromatic heterocycles. The molecule has 0 fully saturated rings. The molecule has 1 aromatic carbocycles. The first-order chi connectivity index (χ1) is 8.04. The highest BCUT2D eigenvalue weighted by Gasteiger charge is 2.15. The number of rotatable bonds is 2. The summed E-state index contributed by atoms with van der Waals surface area (Å²) in [7, 11) is 1.66. The maximum atomic E-state index is 11.3. The second-order valence-electron chi connectivity index (χ2n) is 4.46. The first kappa shape index (κ1) is 11.7. The van der Waals surface area contributed by atoms with Crippen molar-refractivity contribution >= 4 is 11.0 Å². The third-order valence-electron chi connectivity index (χ3n) is 2.89. The lowest BCUT2D eigenvalue weighted by Gasteiger charge is -2.15. The predicted octanol–water partition coefficient (Wildman–Crippen LogP) is 3.23. The Balaban J connectivity index is 2.93. The molecule has 0 spiro atoms. The van der Waals surface area contributed by atoms with Gasteiger partial charge in [-0.3, -0.25) is 0 Å². The van der Waals surface area contributed by atoms with Crippen molar-refractivity contribution < 1.29 is 9.15 Å². The summed E-state index contributed by atoms with van der Waals surface area (Å²) in [4.78, 5) is 11.3. The summed E-state index contributed by atoms with van der Waals surface area (Å²) in [6, 6.07) is 5.18. The number of hydrogen-bond acceptors (Lipinski definition) is 3. The Morgan fingerprint density at radius 3 is 2.59 bits per heavy atom. The minimum absolute atomic E-state index is 0.306. The Kier molecular flexibility index (Phi) is 2.92. The standard InChI is InChI=1S/C14H16O3/c1-8(2)13-10-5-6-12(15)17-14(10)9(3)7-11(13)16-4/h5-8H,1-4H3. The van der Waals surface area contributed by atoms with Gasteiger partial charge in [0.15, 0.2) is 0 Å². The van der Waals surface area contributed by atoms with E-state index in [-0.39, 0.29) is 5.63 Å².